The van der Waals surface area contributed by atoms with Gasteiger partial charge in [-0.2, -0.15) is 166 Å². The maximum Gasteiger partial charge on any atom is 0.460 e. The van der Waals surface area contributed by atoms with E-state index in [0.29, 0.717) is 0 Å². The molecule has 2 aromatic rings. The molecule has 440 valence electrons. The zero-order valence-corrected chi connectivity index (χ0v) is 36.0. The van der Waals surface area contributed by atoms with Crippen LogP contribution in [0.25, 0.3) is 0 Å². The lowest BCUT2D eigenvalue weighted by atomic mass is 9.91. The topological polar surface area (TPSA) is 113 Å². The summed E-state index contributed by atoms with van der Waals surface area (Å²) in [5, 5.41) is -16.3. The van der Waals surface area contributed by atoms with Crippen molar-refractivity contribution in [1.29, 1.82) is 0 Å². The smallest absolute Gasteiger partial charge is 0.378 e. The van der Waals surface area contributed by atoms with Crippen LogP contribution in [0.4, 0.5) is 149 Å². The van der Waals surface area contributed by atoms with Crippen LogP contribution in [-0.4, -0.2) is 123 Å². The van der Waals surface area contributed by atoms with E-state index >= 15 is 0 Å². The molecule has 2 rings (SSSR count). The monoisotopic (exact) mass is 1240 g/mol. The Morgan fingerprint density at radius 2 is 0.592 bits per heavy atom. The van der Waals surface area contributed by atoms with Crippen molar-refractivity contribution in [2.75, 3.05) is 6.61 Å². The van der Waals surface area contributed by atoms with Gasteiger partial charge in [-0.25, -0.2) is 0 Å². The number of alkyl halides is 34. The summed E-state index contributed by atoms with van der Waals surface area (Å²) in [5.74, 6) is -113. The summed E-state index contributed by atoms with van der Waals surface area (Å²) in [6, 6.07) is -0.259. The molecule has 0 saturated carbocycles. The highest BCUT2D eigenvalue weighted by Crippen LogP contribution is 2.66. The van der Waals surface area contributed by atoms with Gasteiger partial charge >= 0.3 is 114 Å². The number of rotatable bonds is 23. The lowest BCUT2D eigenvalue weighted by Gasteiger charge is -2.42. The molecule has 0 saturated heterocycles. The van der Waals surface area contributed by atoms with E-state index in [1.165, 1.54) is 0 Å². The predicted molar refractivity (Wildman–Crippen MR) is 172 cm³/mol. The Morgan fingerprint density at radius 1 is 0.368 bits per heavy atom. The molecule has 1 atom stereocenters. The van der Waals surface area contributed by atoms with Crippen molar-refractivity contribution in [3.8, 4) is 11.5 Å². The van der Waals surface area contributed by atoms with Crippen LogP contribution >= 0.6 is 0 Å². The molecule has 76 heavy (non-hydrogen) atoms. The third-order valence-corrected chi connectivity index (χ3v) is 11.9. The normalized spacial score (nSPS) is 16.1. The van der Waals surface area contributed by atoms with Crippen LogP contribution in [0, 0.1) is 0 Å². The molecule has 0 aliphatic rings. The van der Waals surface area contributed by atoms with Gasteiger partial charge in [0.25, 0.3) is 0 Å². The minimum Gasteiger partial charge on any atom is -0.378 e. The summed E-state index contributed by atoms with van der Waals surface area (Å²) in [6.07, 6.45) is -18.6. The molecule has 2 aromatic carbocycles. The third kappa shape index (κ3) is 9.48. The van der Waals surface area contributed by atoms with Crippen LogP contribution in [0.5, 0.6) is 11.5 Å². The molecule has 0 N–H and O–H groups in total. The highest BCUT2D eigenvalue weighted by atomic mass is 32.2. The minimum atomic E-state index is -9.21. The van der Waals surface area contributed by atoms with E-state index in [-0.39, 0.29) is 48.5 Å². The highest BCUT2D eigenvalue weighted by Gasteiger charge is 2.98. The van der Waals surface area contributed by atoms with E-state index in [1.54, 1.807) is 0 Å². The molecule has 44 heteroatoms. The maximum absolute atomic E-state index is 14.5. The number of Topliss-reactive ketones (excluding diaryl/α,β-unsaturated/α-hetero) is 1. The van der Waals surface area contributed by atoms with Crippen LogP contribution < -0.4 is 8.37 Å². The van der Waals surface area contributed by atoms with Crippen molar-refractivity contribution in [3.63, 3.8) is 0 Å². The zero-order valence-electron chi connectivity index (χ0n) is 34.3. The SMILES string of the molecule is CCOC(C(=O)c1ccc(OS(=O)(=O)C(F)(F)C(F)(F)C(F)(F)C(F)(F)C(F)(F)C(F)(F)C(F)(F)C(F)(F)F)cc1)c1ccc(OS(=O)(=O)C(F)(F)C(F)(F)C(F)(F)C(F)(F)C(F)(F)C(F)(F)C(F)(F)C(F)(F)F)cc1. The van der Waals surface area contributed by atoms with Gasteiger partial charge in [0.2, 0.25) is 0 Å². The Hall–Kier alpha value is -4.81. The van der Waals surface area contributed by atoms with E-state index in [2.05, 4.69) is 8.37 Å². The minimum absolute atomic E-state index is 0.0617. The Labute approximate surface area is 395 Å². The van der Waals surface area contributed by atoms with E-state index in [1.807, 2.05) is 0 Å². The van der Waals surface area contributed by atoms with Crippen LogP contribution in [0.3, 0.4) is 0 Å². The van der Waals surface area contributed by atoms with Gasteiger partial charge in [-0.1, -0.05) is 12.1 Å². The van der Waals surface area contributed by atoms with Crippen molar-refractivity contribution >= 4 is 26.0 Å². The van der Waals surface area contributed by atoms with Gasteiger partial charge in [0.05, 0.1) is 0 Å². The summed E-state index contributed by atoms with van der Waals surface area (Å²) >= 11 is 0. The molecule has 0 aromatic heterocycles. The van der Waals surface area contributed by atoms with Crippen molar-refractivity contribution in [2.45, 2.75) is 107 Å². The Balaban J connectivity index is 2.50. The lowest BCUT2D eigenvalue weighted by Crippen LogP contribution is -2.75. The largest absolute Gasteiger partial charge is 0.460 e. The molecule has 1 unspecified atom stereocenters. The number of carbonyl (C=O) groups is 1. The maximum atomic E-state index is 14.5. The number of ether oxygens (including phenoxy) is 1. The van der Waals surface area contributed by atoms with E-state index < -0.39 is 155 Å². The number of hydrogen-bond acceptors (Lipinski definition) is 8. The first-order valence-corrected chi connectivity index (χ1v) is 20.5. The Bertz CT molecular complexity index is 2660. The zero-order chi connectivity index (χ0) is 60.9. The van der Waals surface area contributed by atoms with Gasteiger partial charge in [0.1, 0.15) is 17.6 Å². The van der Waals surface area contributed by atoms with E-state index in [4.69, 9.17) is 4.74 Å². The van der Waals surface area contributed by atoms with Crippen LogP contribution in [0.2, 0.25) is 0 Å². The summed E-state index contributed by atoms with van der Waals surface area (Å²) in [7, 11) is -16.4. The van der Waals surface area contributed by atoms with Crippen molar-refractivity contribution in [3.05, 3.63) is 59.7 Å². The van der Waals surface area contributed by atoms with Crippen molar-refractivity contribution in [1.82, 2.24) is 0 Å². The first-order valence-electron chi connectivity index (χ1n) is 17.6. The molecule has 0 aliphatic carbocycles. The molecule has 0 fully saturated rings. The molecule has 0 radical (unpaired) electrons. The molecule has 0 aliphatic heterocycles. The van der Waals surface area contributed by atoms with E-state index in [0.717, 1.165) is 6.92 Å². The Morgan fingerprint density at radius 3 is 0.829 bits per heavy atom. The molecule has 0 heterocycles. The molecule has 0 bridgehead atoms. The molecular weight excluding hydrogens is 1220 g/mol. The van der Waals surface area contributed by atoms with Gasteiger partial charge in [0.15, 0.2) is 5.78 Å². The number of benzene rings is 2. The van der Waals surface area contributed by atoms with Gasteiger partial charge in [-0.3, -0.25) is 4.79 Å². The lowest BCUT2D eigenvalue weighted by molar-refractivity contribution is -0.458. The second kappa shape index (κ2) is 18.9. The van der Waals surface area contributed by atoms with E-state index in [9.17, 15) is 171 Å². The standard InChI is InChI=1S/C32H14F34O8S2/c1-2-72-16(12-5-9-14(10-6-12)74-76(70,71)32(65,66)28(55,56)24(47,48)20(39,40)18(35,36)22(43,44)26(51,52)30(60,61)62)15(67)11-3-7-13(8-4-11)73-75(68,69)31(63,64)27(53,54)23(45,46)19(37,38)17(33,34)21(41,42)25(49,50)29(57,58)59/h3-10,16H,2H2,1H3. The second-order valence-electron chi connectivity index (χ2n) is 14.3. The summed E-state index contributed by atoms with van der Waals surface area (Å²) in [6.45, 7) is 0.231. The summed E-state index contributed by atoms with van der Waals surface area (Å²) in [5.41, 5.74) is -1.93. The van der Waals surface area contributed by atoms with Crippen LogP contribution in [-0.2, 0) is 25.0 Å². The first kappa shape index (κ1) is 67.3. The molecule has 8 nitrogen and oxygen atoms in total. The summed E-state index contributed by atoms with van der Waals surface area (Å²) in [4.78, 5) is 13.1. The fourth-order valence-electron chi connectivity index (χ4n) is 4.99. The Kier molecular flexibility index (Phi) is 16.8. The molecule has 0 amide bonds. The predicted octanol–water partition coefficient (Wildman–Crippen LogP) is 13.0. The van der Waals surface area contributed by atoms with Crippen molar-refractivity contribution < 1.29 is 184 Å². The fraction of sp³-hybridized carbons (Fsp3) is 0.594. The second-order valence-corrected chi connectivity index (χ2v) is 17.5. The van der Waals surface area contributed by atoms with Gasteiger partial charge in [-0.15, -0.1) is 0 Å². The highest BCUT2D eigenvalue weighted by molar-refractivity contribution is 7.88. The molecule has 0 spiro atoms. The van der Waals surface area contributed by atoms with Gasteiger partial charge in [-0.05, 0) is 48.9 Å². The average Bonchev–Trinajstić information content (AvgIpc) is 3.23. The number of carbonyl (C=O) groups excluding carboxylic acids is 1. The van der Waals surface area contributed by atoms with Gasteiger partial charge in [0, 0.05) is 12.2 Å². The number of halogens is 34. The molecular formula is C32H14F34O8S2. The fourth-order valence-corrected chi connectivity index (χ4v) is 6.81. The van der Waals surface area contributed by atoms with Crippen LogP contribution in [0.15, 0.2) is 48.5 Å². The quantitative estimate of drug-likeness (QED) is 0.0614. The van der Waals surface area contributed by atoms with Crippen molar-refractivity contribution in [2.24, 2.45) is 0 Å². The van der Waals surface area contributed by atoms with Gasteiger partial charge < -0.3 is 13.1 Å². The number of hydrogen-bond donors (Lipinski definition) is 0. The number of ketones is 1. The average molecular weight is 1240 g/mol. The van der Waals surface area contributed by atoms with Crippen LogP contribution in [0.1, 0.15) is 28.9 Å². The third-order valence-electron chi connectivity index (χ3n) is 9.32. The summed E-state index contributed by atoms with van der Waals surface area (Å²) < 4.78 is 522. The first-order chi connectivity index (χ1) is 33.0.